The van der Waals surface area contributed by atoms with Crippen molar-refractivity contribution in [2.45, 2.75) is 53.0 Å². The van der Waals surface area contributed by atoms with Crippen LogP contribution in [0.3, 0.4) is 0 Å². The first-order valence-corrected chi connectivity index (χ1v) is 13.0. The van der Waals surface area contributed by atoms with Gasteiger partial charge in [0, 0.05) is 17.1 Å². The van der Waals surface area contributed by atoms with Crippen LogP contribution >= 0.6 is 11.6 Å². The van der Waals surface area contributed by atoms with Crippen molar-refractivity contribution in [3.05, 3.63) is 64.2 Å². The normalized spacial score (nSPS) is 12.4. The molecule has 5 nitrogen and oxygen atoms in total. The van der Waals surface area contributed by atoms with E-state index in [1.807, 2.05) is 6.92 Å². The fourth-order valence-electron chi connectivity index (χ4n) is 3.44. The maximum Gasteiger partial charge on any atom is 0.251 e. The van der Waals surface area contributed by atoms with Crippen molar-refractivity contribution in [2.24, 2.45) is 5.92 Å². The smallest absolute Gasteiger partial charge is 0.251 e. The molecule has 0 heterocycles. The van der Waals surface area contributed by atoms with E-state index in [1.165, 1.54) is 17.0 Å². The summed E-state index contributed by atoms with van der Waals surface area (Å²) in [7, 11) is -3.52. The minimum atomic E-state index is -3.52. The van der Waals surface area contributed by atoms with Gasteiger partial charge in [-0.15, -0.1) is 0 Å². The molecule has 1 N–H and O–H groups in total. The topological polar surface area (TPSA) is 66.5 Å². The summed E-state index contributed by atoms with van der Waals surface area (Å²) in [5.41, 5.74) is 2.73. The molecule has 0 bridgehead atoms. The molecular weight excluding hydrogens is 432 g/mol. The Kier molecular flexibility index (Phi) is 9.38. The standard InChI is InChI=1S/C24H33ClN2O3S/c1-5-7-8-19(6-2)16-26-24(28)21-12-10-20(11-13-21)17-27(31(4,29)30)23-15-22(25)14-9-18(23)3/h9-15,19H,5-8,16-17H2,1-4H3,(H,26,28). The Hall–Kier alpha value is -2.05. The van der Waals surface area contributed by atoms with Gasteiger partial charge >= 0.3 is 0 Å². The molecule has 2 rings (SSSR count). The summed E-state index contributed by atoms with van der Waals surface area (Å²) < 4.78 is 26.2. The van der Waals surface area contributed by atoms with Crippen LogP contribution in [0.2, 0.25) is 5.02 Å². The van der Waals surface area contributed by atoms with Crippen molar-refractivity contribution in [3.8, 4) is 0 Å². The molecule has 1 amide bonds. The SMILES string of the molecule is CCCCC(CC)CNC(=O)c1ccc(CN(c2cc(Cl)ccc2C)S(C)(=O)=O)cc1. The summed E-state index contributed by atoms with van der Waals surface area (Å²) in [6, 6.07) is 12.3. The maximum atomic E-state index is 12.5. The molecule has 0 aliphatic rings. The van der Waals surface area contributed by atoms with Crippen molar-refractivity contribution in [3.63, 3.8) is 0 Å². The van der Waals surface area contributed by atoms with E-state index >= 15 is 0 Å². The van der Waals surface area contributed by atoms with Crippen molar-refractivity contribution in [1.82, 2.24) is 5.32 Å². The molecule has 1 unspecified atom stereocenters. The fraction of sp³-hybridized carbons (Fsp3) is 0.458. The van der Waals surface area contributed by atoms with Gasteiger partial charge in [0.25, 0.3) is 5.91 Å². The van der Waals surface area contributed by atoms with Gasteiger partial charge in [0.2, 0.25) is 10.0 Å². The van der Waals surface area contributed by atoms with E-state index < -0.39 is 10.0 Å². The number of carbonyl (C=O) groups is 1. The van der Waals surface area contributed by atoms with Gasteiger partial charge < -0.3 is 5.32 Å². The van der Waals surface area contributed by atoms with Gasteiger partial charge in [0.15, 0.2) is 0 Å². The number of amides is 1. The molecule has 170 valence electrons. The first-order valence-electron chi connectivity index (χ1n) is 10.8. The van der Waals surface area contributed by atoms with E-state index in [4.69, 9.17) is 11.6 Å². The average molecular weight is 465 g/mol. The van der Waals surface area contributed by atoms with E-state index in [0.29, 0.717) is 28.7 Å². The Balaban J connectivity index is 2.11. The molecule has 31 heavy (non-hydrogen) atoms. The number of carbonyl (C=O) groups excluding carboxylic acids is 1. The Morgan fingerprint density at radius 3 is 2.39 bits per heavy atom. The highest BCUT2D eigenvalue weighted by Crippen LogP contribution is 2.28. The molecule has 0 fully saturated rings. The van der Waals surface area contributed by atoms with Crippen molar-refractivity contribution in [1.29, 1.82) is 0 Å². The van der Waals surface area contributed by atoms with E-state index in [2.05, 4.69) is 19.2 Å². The number of hydrogen-bond acceptors (Lipinski definition) is 3. The molecule has 0 saturated heterocycles. The maximum absolute atomic E-state index is 12.5. The van der Waals surface area contributed by atoms with Gasteiger partial charge in [-0.1, -0.05) is 62.9 Å². The molecule has 0 saturated carbocycles. The number of halogens is 1. The summed E-state index contributed by atoms with van der Waals surface area (Å²) in [6.07, 6.45) is 5.68. The Labute approximate surface area is 191 Å². The zero-order valence-corrected chi connectivity index (χ0v) is 20.4. The minimum Gasteiger partial charge on any atom is -0.352 e. The second-order valence-corrected chi connectivity index (χ2v) is 10.4. The zero-order valence-electron chi connectivity index (χ0n) is 18.8. The van der Waals surface area contributed by atoms with Gasteiger partial charge in [0.05, 0.1) is 18.5 Å². The lowest BCUT2D eigenvalue weighted by molar-refractivity contribution is 0.0946. The predicted molar refractivity (Wildman–Crippen MR) is 129 cm³/mol. The number of benzene rings is 2. The van der Waals surface area contributed by atoms with Crippen molar-refractivity contribution < 1.29 is 13.2 Å². The number of hydrogen-bond donors (Lipinski definition) is 1. The summed E-state index contributed by atoms with van der Waals surface area (Å²) in [6.45, 7) is 7.01. The van der Waals surface area contributed by atoms with Gasteiger partial charge in [-0.25, -0.2) is 8.42 Å². The summed E-state index contributed by atoms with van der Waals surface area (Å²) >= 11 is 6.09. The lowest BCUT2D eigenvalue weighted by Gasteiger charge is -2.24. The van der Waals surface area contributed by atoms with Crippen LogP contribution < -0.4 is 9.62 Å². The highest BCUT2D eigenvalue weighted by molar-refractivity contribution is 7.92. The van der Waals surface area contributed by atoms with Gasteiger partial charge in [-0.05, 0) is 54.7 Å². The number of sulfonamides is 1. The number of rotatable bonds is 11. The fourth-order valence-corrected chi connectivity index (χ4v) is 4.55. The molecule has 0 aliphatic heterocycles. The molecular formula is C24H33ClN2O3S. The Bertz CT molecular complexity index is 975. The van der Waals surface area contributed by atoms with E-state index in [-0.39, 0.29) is 12.5 Å². The third-order valence-corrected chi connectivity index (χ3v) is 6.84. The van der Waals surface area contributed by atoms with E-state index in [1.54, 1.807) is 42.5 Å². The van der Waals surface area contributed by atoms with Crippen LogP contribution in [0.5, 0.6) is 0 Å². The highest BCUT2D eigenvalue weighted by atomic mass is 35.5. The van der Waals surface area contributed by atoms with Crippen LogP contribution in [0.15, 0.2) is 42.5 Å². The number of aryl methyl sites for hydroxylation is 1. The van der Waals surface area contributed by atoms with Crippen LogP contribution in [0.25, 0.3) is 0 Å². The number of nitrogens with zero attached hydrogens (tertiary/aromatic N) is 1. The summed E-state index contributed by atoms with van der Waals surface area (Å²) in [5, 5.41) is 3.50. The third-order valence-electron chi connectivity index (χ3n) is 5.48. The molecule has 7 heteroatoms. The van der Waals surface area contributed by atoms with Gasteiger partial charge in [0.1, 0.15) is 0 Å². The lowest BCUT2D eigenvalue weighted by Crippen LogP contribution is -2.30. The molecule has 0 radical (unpaired) electrons. The zero-order chi connectivity index (χ0) is 23.0. The second kappa shape index (κ2) is 11.5. The molecule has 0 aliphatic carbocycles. The largest absolute Gasteiger partial charge is 0.352 e. The van der Waals surface area contributed by atoms with E-state index in [9.17, 15) is 13.2 Å². The molecule has 2 aromatic carbocycles. The Morgan fingerprint density at radius 2 is 1.81 bits per heavy atom. The van der Waals surface area contributed by atoms with Crippen LogP contribution in [-0.4, -0.2) is 27.1 Å². The number of unbranched alkanes of at least 4 members (excludes halogenated alkanes) is 1. The van der Waals surface area contributed by atoms with Crippen molar-refractivity contribution in [2.75, 3.05) is 17.1 Å². The van der Waals surface area contributed by atoms with Crippen LogP contribution in [-0.2, 0) is 16.6 Å². The lowest BCUT2D eigenvalue weighted by atomic mass is 9.99. The number of anilines is 1. The summed E-state index contributed by atoms with van der Waals surface area (Å²) in [5.74, 6) is 0.389. The second-order valence-electron chi connectivity index (χ2n) is 8.02. The molecule has 2 aromatic rings. The Morgan fingerprint density at radius 1 is 1.13 bits per heavy atom. The van der Waals surface area contributed by atoms with Gasteiger partial charge in [-0.2, -0.15) is 0 Å². The predicted octanol–water partition coefficient (Wildman–Crippen LogP) is 5.56. The first kappa shape index (κ1) is 25.2. The van der Waals surface area contributed by atoms with Gasteiger partial charge in [-0.3, -0.25) is 9.10 Å². The van der Waals surface area contributed by atoms with Crippen molar-refractivity contribution >= 4 is 33.2 Å². The van der Waals surface area contributed by atoms with Crippen LogP contribution in [0, 0.1) is 12.8 Å². The highest BCUT2D eigenvalue weighted by Gasteiger charge is 2.20. The van der Waals surface area contributed by atoms with Crippen LogP contribution in [0.1, 0.15) is 61.0 Å². The number of nitrogens with one attached hydrogen (secondary N) is 1. The quantitative estimate of drug-likeness (QED) is 0.473. The summed E-state index contributed by atoms with van der Waals surface area (Å²) in [4.78, 5) is 12.5. The average Bonchev–Trinajstić information content (AvgIpc) is 2.73. The van der Waals surface area contributed by atoms with Crippen LogP contribution in [0.4, 0.5) is 5.69 Å². The molecule has 0 spiro atoms. The third kappa shape index (κ3) is 7.54. The minimum absolute atomic E-state index is 0.104. The first-order chi connectivity index (χ1) is 14.7. The molecule has 0 aromatic heterocycles. The van der Waals surface area contributed by atoms with E-state index in [0.717, 1.165) is 30.4 Å². The monoisotopic (exact) mass is 464 g/mol. The molecule has 1 atom stereocenters.